The second-order valence-electron chi connectivity index (χ2n) is 4.35. The number of sulfonamides is 1. The molecule has 1 atom stereocenters. The van der Waals surface area contributed by atoms with Crippen molar-refractivity contribution in [1.29, 1.82) is 0 Å². The molecule has 1 heterocycles. The number of nitrogens with zero attached hydrogens (tertiary/aromatic N) is 1. The third-order valence-electron chi connectivity index (χ3n) is 2.89. The van der Waals surface area contributed by atoms with Gasteiger partial charge >= 0.3 is 0 Å². The summed E-state index contributed by atoms with van der Waals surface area (Å²) >= 11 is 5.96. The Morgan fingerprint density at radius 3 is 2.76 bits per heavy atom. The topological polar surface area (TPSA) is 63.4 Å². The van der Waals surface area contributed by atoms with Crippen LogP contribution in [0.5, 0.6) is 0 Å². The normalized spacial score (nSPS) is 21.9. The van der Waals surface area contributed by atoms with E-state index >= 15 is 0 Å². The monoisotopic (exact) mass is 274 g/mol. The van der Waals surface area contributed by atoms with Gasteiger partial charge in [-0.2, -0.15) is 4.31 Å². The van der Waals surface area contributed by atoms with Gasteiger partial charge in [-0.25, -0.2) is 8.42 Å². The number of hydrogen-bond donors (Lipinski definition) is 1. The molecule has 1 aliphatic rings. The van der Waals surface area contributed by atoms with Crippen LogP contribution in [0.3, 0.4) is 0 Å². The first-order valence-corrected chi connectivity index (χ1v) is 7.25. The molecule has 0 aliphatic carbocycles. The molecule has 2 rings (SSSR count). The van der Waals surface area contributed by atoms with E-state index < -0.39 is 10.0 Å². The predicted octanol–water partition coefficient (Wildman–Crippen LogP) is 1.37. The van der Waals surface area contributed by atoms with E-state index in [2.05, 4.69) is 0 Å². The minimum absolute atomic E-state index is 0.0756. The fourth-order valence-corrected chi connectivity index (χ4v) is 3.99. The Labute approximate surface area is 106 Å². The van der Waals surface area contributed by atoms with Crippen molar-refractivity contribution in [3.63, 3.8) is 0 Å². The SMILES string of the molecule is Cc1ccc(Cl)c(S(=O)(=O)N2CC[C@@H](N)C2)c1. The fourth-order valence-electron chi connectivity index (χ4n) is 1.92. The number of rotatable bonds is 2. The van der Waals surface area contributed by atoms with E-state index in [4.69, 9.17) is 17.3 Å². The average molecular weight is 275 g/mol. The smallest absolute Gasteiger partial charge is 0.244 e. The molecule has 2 N–H and O–H groups in total. The van der Waals surface area contributed by atoms with E-state index in [0.717, 1.165) is 5.56 Å². The standard InChI is InChI=1S/C11H15ClN2O2S/c1-8-2-3-10(12)11(6-8)17(15,16)14-5-4-9(13)7-14/h2-3,6,9H,4-5,7,13H2,1H3/t9-/m1/s1. The van der Waals surface area contributed by atoms with E-state index in [1.807, 2.05) is 6.92 Å². The summed E-state index contributed by atoms with van der Waals surface area (Å²) in [7, 11) is -3.50. The van der Waals surface area contributed by atoms with Crippen LogP contribution in [0.2, 0.25) is 5.02 Å². The molecule has 0 radical (unpaired) electrons. The zero-order valence-electron chi connectivity index (χ0n) is 9.56. The molecule has 4 nitrogen and oxygen atoms in total. The number of halogens is 1. The molecule has 17 heavy (non-hydrogen) atoms. The summed E-state index contributed by atoms with van der Waals surface area (Å²) < 4.78 is 26.1. The van der Waals surface area contributed by atoms with E-state index in [-0.39, 0.29) is 16.0 Å². The highest BCUT2D eigenvalue weighted by atomic mass is 35.5. The van der Waals surface area contributed by atoms with Crippen molar-refractivity contribution in [3.8, 4) is 0 Å². The molecule has 1 fully saturated rings. The van der Waals surface area contributed by atoms with Crippen molar-refractivity contribution >= 4 is 21.6 Å². The van der Waals surface area contributed by atoms with Gasteiger partial charge in [-0.1, -0.05) is 17.7 Å². The molecule has 6 heteroatoms. The molecule has 1 saturated heterocycles. The maximum Gasteiger partial charge on any atom is 0.244 e. The first kappa shape index (κ1) is 12.8. The molecule has 1 aliphatic heterocycles. The Balaban J connectivity index is 2.41. The number of benzene rings is 1. The van der Waals surface area contributed by atoms with Gasteiger partial charge in [0, 0.05) is 19.1 Å². The Hall–Kier alpha value is -0.620. The maximum absolute atomic E-state index is 12.3. The van der Waals surface area contributed by atoms with Gasteiger partial charge in [-0.05, 0) is 31.0 Å². The molecule has 0 spiro atoms. The van der Waals surface area contributed by atoms with Crippen LogP contribution in [0.1, 0.15) is 12.0 Å². The fraction of sp³-hybridized carbons (Fsp3) is 0.455. The summed E-state index contributed by atoms with van der Waals surface area (Å²) in [6, 6.07) is 4.92. The van der Waals surface area contributed by atoms with Crippen molar-refractivity contribution in [1.82, 2.24) is 4.31 Å². The average Bonchev–Trinajstić information content (AvgIpc) is 2.69. The van der Waals surface area contributed by atoms with Gasteiger partial charge in [0.2, 0.25) is 10.0 Å². The zero-order chi connectivity index (χ0) is 12.6. The van der Waals surface area contributed by atoms with Crippen LogP contribution < -0.4 is 5.73 Å². The van der Waals surface area contributed by atoms with Crippen LogP contribution in [0.25, 0.3) is 0 Å². The predicted molar refractivity (Wildman–Crippen MR) is 67.5 cm³/mol. The lowest BCUT2D eigenvalue weighted by atomic mass is 10.2. The number of hydrogen-bond acceptors (Lipinski definition) is 3. The quantitative estimate of drug-likeness (QED) is 0.886. The van der Waals surface area contributed by atoms with Gasteiger partial charge < -0.3 is 5.73 Å². The van der Waals surface area contributed by atoms with Crippen molar-refractivity contribution in [2.75, 3.05) is 13.1 Å². The highest BCUT2D eigenvalue weighted by Gasteiger charge is 2.32. The first-order chi connectivity index (χ1) is 7.91. The molecule has 1 aromatic rings. The molecular weight excluding hydrogens is 260 g/mol. The highest BCUT2D eigenvalue weighted by Crippen LogP contribution is 2.27. The van der Waals surface area contributed by atoms with Crippen molar-refractivity contribution in [2.45, 2.75) is 24.3 Å². The van der Waals surface area contributed by atoms with Gasteiger partial charge in [-0.15, -0.1) is 0 Å². The molecule has 0 saturated carbocycles. The summed E-state index contributed by atoms with van der Waals surface area (Å²) in [6.07, 6.45) is 0.697. The minimum atomic E-state index is -3.50. The van der Waals surface area contributed by atoms with Crippen molar-refractivity contribution < 1.29 is 8.42 Å². The molecule has 0 unspecified atom stereocenters. The molecule has 94 valence electrons. The lowest BCUT2D eigenvalue weighted by Gasteiger charge is -2.17. The zero-order valence-corrected chi connectivity index (χ0v) is 11.1. The third-order valence-corrected chi connectivity index (χ3v) is 5.24. The molecule has 0 aromatic heterocycles. The number of aryl methyl sites for hydroxylation is 1. The molecular formula is C11H15ClN2O2S. The van der Waals surface area contributed by atoms with E-state index in [1.165, 1.54) is 4.31 Å². The summed E-state index contributed by atoms with van der Waals surface area (Å²) in [6.45, 7) is 2.67. The van der Waals surface area contributed by atoms with Crippen LogP contribution in [-0.2, 0) is 10.0 Å². The molecule has 0 amide bonds. The Kier molecular flexibility index (Phi) is 3.45. The van der Waals surface area contributed by atoms with Crippen LogP contribution >= 0.6 is 11.6 Å². The van der Waals surface area contributed by atoms with Crippen molar-refractivity contribution in [3.05, 3.63) is 28.8 Å². The lowest BCUT2D eigenvalue weighted by molar-refractivity contribution is 0.472. The Morgan fingerprint density at radius 2 is 2.18 bits per heavy atom. The van der Waals surface area contributed by atoms with Crippen LogP contribution in [0.4, 0.5) is 0 Å². The summed E-state index contributed by atoms with van der Waals surface area (Å²) in [5, 5.41) is 0.260. The first-order valence-electron chi connectivity index (χ1n) is 5.43. The molecule has 1 aromatic carbocycles. The van der Waals surface area contributed by atoms with Crippen molar-refractivity contribution in [2.24, 2.45) is 5.73 Å². The Bertz CT molecular complexity index is 530. The van der Waals surface area contributed by atoms with Gasteiger partial charge in [-0.3, -0.25) is 0 Å². The summed E-state index contributed by atoms with van der Waals surface area (Å²) in [5.74, 6) is 0. The maximum atomic E-state index is 12.3. The van der Waals surface area contributed by atoms with E-state index in [0.29, 0.717) is 19.5 Å². The Morgan fingerprint density at radius 1 is 1.47 bits per heavy atom. The highest BCUT2D eigenvalue weighted by molar-refractivity contribution is 7.89. The summed E-state index contributed by atoms with van der Waals surface area (Å²) in [4.78, 5) is 0.174. The lowest BCUT2D eigenvalue weighted by Crippen LogP contribution is -2.32. The van der Waals surface area contributed by atoms with Crippen LogP contribution in [-0.4, -0.2) is 31.9 Å². The molecule has 0 bridgehead atoms. The third kappa shape index (κ3) is 2.47. The van der Waals surface area contributed by atoms with Crippen LogP contribution in [0, 0.1) is 6.92 Å². The number of nitrogens with two attached hydrogens (primary N) is 1. The minimum Gasteiger partial charge on any atom is -0.326 e. The van der Waals surface area contributed by atoms with Gasteiger partial charge in [0.05, 0.1) is 5.02 Å². The van der Waals surface area contributed by atoms with Gasteiger partial charge in [0.1, 0.15) is 4.90 Å². The largest absolute Gasteiger partial charge is 0.326 e. The van der Waals surface area contributed by atoms with E-state index in [9.17, 15) is 8.42 Å². The van der Waals surface area contributed by atoms with E-state index in [1.54, 1.807) is 18.2 Å². The second-order valence-corrected chi connectivity index (χ2v) is 6.66. The van der Waals surface area contributed by atoms with Gasteiger partial charge in [0.15, 0.2) is 0 Å². The summed E-state index contributed by atoms with van der Waals surface area (Å²) in [5.41, 5.74) is 6.60. The second kappa shape index (κ2) is 4.57. The van der Waals surface area contributed by atoms with Crippen LogP contribution in [0.15, 0.2) is 23.1 Å². The van der Waals surface area contributed by atoms with Gasteiger partial charge in [0.25, 0.3) is 0 Å².